The van der Waals surface area contributed by atoms with Crippen molar-refractivity contribution in [2.45, 2.75) is 0 Å². The van der Waals surface area contributed by atoms with Crippen molar-refractivity contribution in [3.8, 4) is 0 Å². The summed E-state index contributed by atoms with van der Waals surface area (Å²) in [6.45, 7) is 0. The summed E-state index contributed by atoms with van der Waals surface area (Å²) in [5.74, 6) is 0. The van der Waals surface area contributed by atoms with Gasteiger partial charge in [0.25, 0.3) is 0 Å². The maximum atomic E-state index is 8.74. The van der Waals surface area contributed by atoms with Gasteiger partial charge in [0.1, 0.15) is 0 Å². The van der Waals surface area contributed by atoms with Crippen LogP contribution in [-0.4, -0.2) is 37.7 Å². The number of hydrogen-bond acceptors (Lipinski definition) is 3. The van der Waals surface area contributed by atoms with Gasteiger partial charge in [-0.05, 0) is 0 Å². The Morgan fingerprint density at radius 1 is 0.909 bits per heavy atom. The molecule has 0 aliphatic rings. The second kappa shape index (κ2) is 4.35. The molecule has 0 aliphatic heterocycles. The minimum Gasteiger partial charge on any atom is 0 e. The van der Waals surface area contributed by atoms with E-state index in [1.165, 1.54) is 12.1 Å². The van der Waals surface area contributed by atoms with Crippen LogP contribution in [0.15, 0.2) is 30.3 Å². The van der Waals surface area contributed by atoms with Gasteiger partial charge in [-0.25, -0.2) is 0 Å². The second-order valence-corrected chi connectivity index (χ2v) is 3.85. The maximum absolute atomic E-state index is 8.74. The van der Waals surface area contributed by atoms with Crippen molar-refractivity contribution < 1.29 is 14.7 Å². The van der Waals surface area contributed by atoms with Gasteiger partial charge in [0.2, 0.25) is 0 Å². The molecule has 0 aliphatic carbocycles. The van der Waals surface area contributed by atoms with E-state index in [-0.39, 0.29) is 28.4 Å². The zero-order valence-corrected chi connectivity index (χ0v) is 8.35. The van der Waals surface area contributed by atoms with Crippen molar-refractivity contribution in [3.63, 3.8) is 0 Å². The SMILES string of the molecule is O[PH](O)(O)c1ccccc1.[Mg]. The van der Waals surface area contributed by atoms with E-state index in [2.05, 4.69) is 0 Å². The van der Waals surface area contributed by atoms with Gasteiger partial charge in [0.05, 0.1) is 0 Å². The van der Waals surface area contributed by atoms with E-state index in [0.717, 1.165) is 0 Å². The molecule has 0 heterocycles. The van der Waals surface area contributed by atoms with Gasteiger partial charge < -0.3 is 0 Å². The number of benzene rings is 1. The zero-order chi connectivity index (χ0) is 7.61. The third-order valence-electron chi connectivity index (χ3n) is 1.16. The molecule has 3 nitrogen and oxygen atoms in total. The normalized spacial score (nSPS) is 11.9. The molecule has 1 rings (SSSR count). The Kier molecular flexibility index (Phi) is 4.47. The molecular formula is C6H9MgO3P. The Morgan fingerprint density at radius 3 is 1.64 bits per heavy atom. The topological polar surface area (TPSA) is 60.7 Å². The fourth-order valence-corrected chi connectivity index (χ4v) is 1.30. The van der Waals surface area contributed by atoms with Crippen molar-refractivity contribution in [1.29, 1.82) is 0 Å². The third-order valence-corrected chi connectivity index (χ3v) is 2.27. The molecule has 58 valence electrons. The fraction of sp³-hybridized carbons (Fsp3) is 0. The molecule has 0 fully saturated rings. The molecule has 0 atom stereocenters. The van der Waals surface area contributed by atoms with Crippen LogP contribution >= 0.6 is 7.94 Å². The summed E-state index contributed by atoms with van der Waals surface area (Å²) in [4.78, 5) is 26.2. The van der Waals surface area contributed by atoms with Crippen LogP contribution in [0, 0.1) is 0 Å². The Hall–Kier alpha value is 0.296. The van der Waals surface area contributed by atoms with E-state index in [0.29, 0.717) is 0 Å². The molecule has 3 N–H and O–H groups in total. The second-order valence-electron chi connectivity index (χ2n) is 2.00. The first-order valence-corrected chi connectivity index (χ1v) is 4.67. The first kappa shape index (κ1) is 11.3. The Balaban J connectivity index is 0.000001000. The molecule has 5 heteroatoms. The van der Waals surface area contributed by atoms with Crippen molar-refractivity contribution in [2.24, 2.45) is 0 Å². The number of hydrogen-bond donors (Lipinski definition) is 3. The Morgan fingerprint density at radius 2 is 1.36 bits per heavy atom. The van der Waals surface area contributed by atoms with Crippen molar-refractivity contribution in [1.82, 2.24) is 0 Å². The summed E-state index contributed by atoms with van der Waals surface area (Å²) >= 11 is 0. The predicted octanol–water partition coefficient (Wildman–Crippen LogP) is -0.597. The smallest absolute Gasteiger partial charge is 0 e. The standard InChI is InChI=1S/C6H9O3P.Mg/c7-10(8,9)6-4-2-1-3-5-6;/h1-5,7-10H;. The monoisotopic (exact) mass is 184 g/mol. The summed E-state index contributed by atoms with van der Waals surface area (Å²) in [6, 6.07) is 7.97. The van der Waals surface area contributed by atoms with Crippen molar-refractivity contribution >= 4 is 36.3 Å². The summed E-state index contributed by atoms with van der Waals surface area (Å²) in [6.07, 6.45) is 0. The van der Waals surface area contributed by atoms with Crippen molar-refractivity contribution in [3.05, 3.63) is 30.3 Å². The van der Waals surface area contributed by atoms with Crippen LogP contribution < -0.4 is 5.30 Å². The first-order chi connectivity index (χ1) is 4.61. The van der Waals surface area contributed by atoms with E-state index in [4.69, 9.17) is 14.7 Å². The summed E-state index contributed by atoms with van der Waals surface area (Å²) in [5, 5.41) is 0.204. The fourth-order valence-electron chi connectivity index (χ4n) is 0.662. The summed E-state index contributed by atoms with van der Waals surface area (Å²) in [5.41, 5.74) is 0. The summed E-state index contributed by atoms with van der Waals surface area (Å²) in [7, 11) is -4.03. The molecule has 0 aromatic heterocycles. The Bertz CT molecular complexity index is 209. The molecule has 0 spiro atoms. The first-order valence-electron chi connectivity index (χ1n) is 2.83. The van der Waals surface area contributed by atoms with E-state index < -0.39 is 7.94 Å². The quantitative estimate of drug-likeness (QED) is 0.404. The van der Waals surface area contributed by atoms with Crippen LogP contribution in [0.4, 0.5) is 0 Å². The predicted molar refractivity (Wildman–Crippen MR) is 46.8 cm³/mol. The van der Waals surface area contributed by atoms with Crippen LogP contribution in [0.2, 0.25) is 0 Å². The molecule has 11 heavy (non-hydrogen) atoms. The largest absolute Gasteiger partial charge is 0 e. The van der Waals surface area contributed by atoms with Crippen LogP contribution in [0.3, 0.4) is 0 Å². The van der Waals surface area contributed by atoms with Gasteiger partial charge in [-0.3, -0.25) is 0 Å². The van der Waals surface area contributed by atoms with Crippen LogP contribution in [-0.2, 0) is 0 Å². The minimum atomic E-state index is -4.03. The van der Waals surface area contributed by atoms with Gasteiger partial charge in [-0.2, -0.15) is 0 Å². The molecular weight excluding hydrogens is 175 g/mol. The third kappa shape index (κ3) is 3.47. The maximum Gasteiger partial charge on any atom is 0 e. The van der Waals surface area contributed by atoms with E-state index in [1.807, 2.05) is 0 Å². The van der Waals surface area contributed by atoms with E-state index in [9.17, 15) is 0 Å². The Labute approximate surface area is 81.4 Å². The van der Waals surface area contributed by atoms with Crippen LogP contribution in [0.5, 0.6) is 0 Å². The minimum absolute atomic E-state index is 0. The van der Waals surface area contributed by atoms with Gasteiger partial charge >= 0.3 is 58.3 Å². The van der Waals surface area contributed by atoms with Gasteiger partial charge in [-0.1, -0.05) is 0 Å². The average molecular weight is 184 g/mol. The van der Waals surface area contributed by atoms with Gasteiger partial charge in [0, 0.05) is 23.1 Å². The van der Waals surface area contributed by atoms with Crippen molar-refractivity contribution in [2.75, 3.05) is 0 Å². The number of rotatable bonds is 1. The molecule has 1 aromatic rings. The zero-order valence-electron chi connectivity index (χ0n) is 5.94. The van der Waals surface area contributed by atoms with Crippen LogP contribution in [0.1, 0.15) is 0 Å². The summed E-state index contributed by atoms with van der Waals surface area (Å²) < 4.78 is 0. The van der Waals surface area contributed by atoms with Crippen LogP contribution in [0.25, 0.3) is 0 Å². The molecule has 0 saturated heterocycles. The van der Waals surface area contributed by atoms with E-state index >= 15 is 0 Å². The van der Waals surface area contributed by atoms with E-state index in [1.54, 1.807) is 18.2 Å². The van der Waals surface area contributed by atoms with Gasteiger partial charge in [-0.15, -0.1) is 0 Å². The average Bonchev–Trinajstić information content (AvgIpc) is 1.88. The molecule has 0 amide bonds. The van der Waals surface area contributed by atoms with Gasteiger partial charge in [0.15, 0.2) is 0 Å². The molecule has 0 unspecified atom stereocenters. The molecule has 0 bridgehead atoms. The molecule has 1 aromatic carbocycles. The molecule has 2 radical (unpaired) electrons. The molecule has 0 saturated carbocycles.